The number of nitrogens with two attached hydrogens (primary N) is 1. The summed E-state index contributed by atoms with van der Waals surface area (Å²) in [4.78, 5) is 0. The van der Waals surface area contributed by atoms with Crippen molar-refractivity contribution in [1.29, 1.82) is 0 Å². The Labute approximate surface area is 96.6 Å². The minimum absolute atomic E-state index is 1.37. The maximum atomic E-state index is 12.6. The Bertz CT molecular complexity index is 332. The van der Waals surface area contributed by atoms with Crippen LogP contribution in [0.5, 0.6) is 0 Å². The smallest absolute Gasteiger partial charge is 0.323 e. The van der Waals surface area contributed by atoms with E-state index in [4.69, 9.17) is 0 Å². The molecule has 0 heterocycles. The number of alkyl halides is 11. The zero-order valence-corrected chi connectivity index (χ0v) is 8.26. The van der Waals surface area contributed by atoms with Crippen LogP contribution in [0.1, 0.15) is 0 Å². The van der Waals surface area contributed by atoms with Gasteiger partial charge in [0, 0.05) is 0 Å². The maximum absolute atomic E-state index is 12.6. The lowest BCUT2D eigenvalue weighted by Gasteiger charge is -2.29. The van der Waals surface area contributed by atoms with Gasteiger partial charge in [0.25, 0.3) is 0 Å². The first kappa shape index (κ1) is 17.7. The molecule has 0 spiro atoms. The molecule has 0 aliphatic carbocycles. The van der Waals surface area contributed by atoms with E-state index in [2.05, 4.69) is 5.84 Å². The van der Waals surface area contributed by atoms with E-state index in [0.29, 0.717) is 0 Å². The Hall–Kier alpha value is -1.30. The fourth-order valence-electron chi connectivity index (χ4n) is 0.978. The third-order valence-corrected chi connectivity index (χ3v) is 1.74. The van der Waals surface area contributed by atoms with Gasteiger partial charge in [0.05, 0.1) is 0 Å². The van der Waals surface area contributed by atoms with Crippen LogP contribution in [0.2, 0.25) is 0 Å². The van der Waals surface area contributed by atoms with Crippen molar-refractivity contribution in [3.8, 4) is 0 Å². The van der Waals surface area contributed by atoms with Crippen LogP contribution < -0.4 is 5.84 Å². The third-order valence-electron chi connectivity index (χ3n) is 1.74. The van der Waals surface area contributed by atoms with Gasteiger partial charge in [0.2, 0.25) is 0 Å². The first-order chi connectivity index (χ1) is 8.06. The maximum Gasteiger partial charge on any atom is 0.459 e. The molecule has 0 aromatic rings. The van der Waals surface area contributed by atoms with Crippen molar-refractivity contribution >= 4 is 5.71 Å². The van der Waals surface area contributed by atoms with E-state index in [-0.39, 0.29) is 0 Å². The third kappa shape index (κ3) is 3.59. The van der Waals surface area contributed by atoms with Crippen molar-refractivity contribution in [2.45, 2.75) is 24.5 Å². The molecule has 0 rings (SSSR count). The second-order valence-corrected chi connectivity index (χ2v) is 3.10. The molecule has 0 saturated heterocycles. The topological polar surface area (TPSA) is 38.4 Å². The van der Waals surface area contributed by atoms with Crippen LogP contribution in [-0.2, 0) is 0 Å². The summed E-state index contributed by atoms with van der Waals surface area (Å²) < 4.78 is 133. The summed E-state index contributed by atoms with van der Waals surface area (Å²) >= 11 is 0. The average molecular weight is 312 g/mol. The van der Waals surface area contributed by atoms with Gasteiger partial charge in [0.1, 0.15) is 5.71 Å². The Morgan fingerprint density at radius 3 is 1.21 bits per heavy atom. The minimum Gasteiger partial charge on any atom is -0.323 e. The molecule has 19 heavy (non-hydrogen) atoms. The summed E-state index contributed by atoms with van der Waals surface area (Å²) in [7, 11) is 0. The fourth-order valence-corrected chi connectivity index (χ4v) is 0.978. The van der Waals surface area contributed by atoms with E-state index in [1.165, 1.54) is 5.10 Å². The molecular formula is C6H3F11N2. The Morgan fingerprint density at radius 1 is 0.737 bits per heavy atom. The first-order valence-corrected chi connectivity index (χ1v) is 3.93. The molecule has 2 N–H and O–H groups in total. The summed E-state index contributed by atoms with van der Waals surface area (Å²) in [6.07, 6.45) is -19.6. The highest BCUT2D eigenvalue weighted by molar-refractivity contribution is 5.94. The SMILES string of the molecule is N/N=C(/C(C(F)(F)F)C(F)(F)F)C(F)(F)C(F)(F)F. The molecule has 0 fully saturated rings. The molecule has 114 valence electrons. The number of rotatable bonds is 2. The van der Waals surface area contributed by atoms with Gasteiger partial charge in [-0.3, -0.25) is 0 Å². The monoisotopic (exact) mass is 312 g/mol. The minimum atomic E-state index is -6.71. The van der Waals surface area contributed by atoms with Crippen LogP contribution >= 0.6 is 0 Å². The molecule has 0 aromatic carbocycles. The van der Waals surface area contributed by atoms with Crippen LogP contribution in [0.3, 0.4) is 0 Å². The molecule has 2 nitrogen and oxygen atoms in total. The van der Waals surface area contributed by atoms with Crippen LogP contribution in [0.15, 0.2) is 5.10 Å². The van der Waals surface area contributed by atoms with Gasteiger partial charge in [-0.25, -0.2) is 0 Å². The highest BCUT2D eigenvalue weighted by atomic mass is 19.4. The van der Waals surface area contributed by atoms with Gasteiger partial charge < -0.3 is 5.84 Å². The van der Waals surface area contributed by atoms with Crippen molar-refractivity contribution in [3.63, 3.8) is 0 Å². The van der Waals surface area contributed by atoms with Gasteiger partial charge in [-0.2, -0.15) is 53.4 Å². The Balaban J connectivity index is 5.96. The second kappa shape index (κ2) is 4.67. The summed E-state index contributed by atoms with van der Waals surface area (Å²) in [6, 6.07) is 0. The standard InChI is InChI=1S/C6H3F11N2/c7-3(8,6(15,16)17)2(19-18)1(4(9,10)11)5(12,13)14/h1H,18H2/b19-2-. The average Bonchev–Trinajstić information content (AvgIpc) is 2.07. The fraction of sp³-hybridized carbons (Fsp3) is 0.833. The van der Waals surface area contributed by atoms with Crippen molar-refractivity contribution in [2.24, 2.45) is 16.9 Å². The highest BCUT2D eigenvalue weighted by Crippen LogP contribution is 2.47. The molecule has 0 amide bonds. The molecule has 0 radical (unpaired) electrons. The predicted molar refractivity (Wildman–Crippen MR) is 38.2 cm³/mol. The molecule has 0 aromatic heterocycles. The molecule has 13 heteroatoms. The highest BCUT2D eigenvalue weighted by Gasteiger charge is 2.71. The normalized spacial score (nSPS) is 16.1. The summed E-state index contributed by atoms with van der Waals surface area (Å²) in [5.41, 5.74) is -3.57. The quantitative estimate of drug-likeness (QED) is 0.361. The Morgan fingerprint density at radius 2 is 1.05 bits per heavy atom. The Kier molecular flexibility index (Phi) is 4.35. The largest absolute Gasteiger partial charge is 0.459 e. The van der Waals surface area contributed by atoms with Crippen LogP contribution in [0.25, 0.3) is 0 Å². The molecule has 0 saturated carbocycles. The second-order valence-electron chi connectivity index (χ2n) is 3.10. The predicted octanol–water partition coefficient (Wildman–Crippen LogP) is 3.24. The molecule has 0 aliphatic rings. The number of halogens is 11. The number of hydrogen-bond acceptors (Lipinski definition) is 2. The van der Waals surface area contributed by atoms with Gasteiger partial charge >= 0.3 is 24.5 Å². The van der Waals surface area contributed by atoms with Crippen molar-refractivity contribution < 1.29 is 48.3 Å². The molecular weight excluding hydrogens is 309 g/mol. The summed E-state index contributed by atoms with van der Waals surface area (Å²) in [5.74, 6) is -7.74. The van der Waals surface area contributed by atoms with Gasteiger partial charge in [0.15, 0.2) is 5.92 Å². The van der Waals surface area contributed by atoms with E-state index >= 15 is 0 Å². The number of nitrogens with zero attached hydrogens (tertiary/aromatic N) is 1. The van der Waals surface area contributed by atoms with Crippen LogP contribution in [-0.4, -0.2) is 30.2 Å². The van der Waals surface area contributed by atoms with Crippen molar-refractivity contribution in [1.82, 2.24) is 0 Å². The van der Waals surface area contributed by atoms with Gasteiger partial charge in [-0.05, 0) is 0 Å². The van der Waals surface area contributed by atoms with E-state index < -0.39 is 36.1 Å². The number of hydrazone groups is 1. The van der Waals surface area contributed by atoms with E-state index in [9.17, 15) is 48.3 Å². The van der Waals surface area contributed by atoms with E-state index in [1.807, 2.05) is 0 Å². The number of hydrogen-bond donors (Lipinski definition) is 1. The lowest BCUT2D eigenvalue weighted by molar-refractivity contribution is -0.280. The van der Waals surface area contributed by atoms with Crippen LogP contribution in [0, 0.1) is 5.92 Å². The lowest BCUT2D eigenvalue weighted by Crippen LogP contribution is -2.55. The van der Waals surface area contributed by atoms with E-state index in [0.717, 1.165) is 0 Å². The lowest BCUT2D eigenvalue weighted by atomic mass is 9.96. The molecule has 0 atom stereocenters. The zero-order chi connectivity index (χ0) is 15.9. The zero-order valence-electron chi connectivity index (χ0n) is 8.26. The molecule has 0 unspecified atom stereocenters. The van der Waals surface area contributed by atoms with Crippen LogP contribution in [0.4, 0.5) is 48.3 Å². The summed E-state index contributed by atoms with van der Waals surface area (Å²) in [6.45, 7) is 0. The first-order valence-electron chi connectivity index (χ1n) is 3.93. The van der Waals surface area contributed by atoms with Crippen molar-refractivity contribution in [2.75, 3.05) is 0 Å². The van der Waals surface area contributed by atoms with E-state index in [1.54, 1.807) is 0 Å². The summed E-state index contributed by atoms with van der Waals surface area (Å²) in [5, 5.41) is 1.37. The van der Waals surface area contributed by atoms with Gasteiger partial charge in [-0.1, -0.05) is 0 Å². The molecule has 0 aliphatic heterocycles. The van der Waals surface area contributed by atoms with Crippen molar-refractivity contribution in [3.05, 3.63) is 0 Å². The van der Waals surface area contributed by atoms with Gasteiger partial charge in [-0.15, -0.1) is 0 Å². The molecule has 0 bridgehead atoms.